The minimum absolute atomic E-state index is 0.0160. The summed E-state index contributed by atoms with van der Waals surface area (Å²) >= 11 is 1.00. The number of rotatable bonds is 13. The maximum absolute atomic E-state index is 14.3. The molecule has 0 bridgehead atoms. The molecule has 0 radical (unpaired) electrons. The summed E-state index contributed by atoms with van der Waals surface area (Å²) in [6.07, 6.45) is 0. The van der Waals surface area contributed by atoms with E-state index < -0.39 is 27.6 Å². The van der Waals surface area contributed by atoms with Crippen LogP contribution in [0.5, 0.6) is 0 Å². The van der Waals surface area contributed by atoms with E-state index >= 15 is 0 Å². The standard InChI is InChI=1S/C24H30F2N4O5S2/c1-28(2)9-10-30(24-27-22-20(26)15-18(25)16-21(22)36-24)23(31)17-5-7-19(8-6-17)37(32,33)29(11-13-34-3)12-14-35-4/h5-8,15-16H,9-14H2,1-4H3. The molecule has 1 aromatic heterocycles. The average molecular weight is 557 g/mol. The maximum atomic E-state index is 14.3. The lowest BCUT2D eigenvalue weighted by Gasteiger charge is -2.23. The molecule has 0 N–H and O–H groups in total. The number of carbonyl (C=O) groups is 1. The summed E-state index contributed by atoms with van der Waals surface area (Å²) < 4.78 is 65.9. The van der Waals surface area contributed by atoms with Gasteiger partial charge in [0.2, 0.25) is 10.0 Å². The molecule has 3 aromatic rings. The molecule has 3 rings (SSSR count). The molecule has 0 aliphatic carbocycles. The predicted molar refractivity (Wildman–Crippen MR) is 139 cm³/mol. The first kappa shape index (κ1) is 29.0. The van der Waals surface area contributed by atoms with Gasteiger partial charge in [-0.15, -0.1) is 0 Å². The molecule has 13 heteroatoms. The van der Waals surface area contributed by atoms with E-state index in [1.165, 1.54) is 53.8 Å². The van der Waals surface area contributed by atoms with Crippen LogP contribution in [0.25, 0.3) is 10.2 Å². The van der Waals surface area contributed by atoms with Crippen molar-refractivity contribution in [3.8, 4) is 0 Å². The quantitative estimate of drug-likeness (QED) is 0.320. The average Bonchev–Trinajstić information content (AvgIpc) is 3.28. The summed E-state index contributed by atoms with van der Waals surface area (Å²) in [5.74, 6) is -1.98. The van der Waals surface area contributed by atoms with Gasteiger partial charge >= 0.3 is 0 Å². The van der Waals surface area contributed by atoms with Crippen molar-refractivity contribution in [1.29, 1.82) is 0 Å². The maximum Gasteiger partial charge on any atom is 0.260 e. The number of carbonyl (C=O) groups excluding carboxylic acids is 1. The highest BCUT2D eigenvalue weighted by molar-refractivity contribution is 7.89. The lowest BCUT2D eigenvalue weighted by Crippen LogP contribution is -2.37. The molecule has 1 amide bonds. The van der Waals surface area contributed by atoms with E-state index in [0.717, 1.165) is 17.4 Å². The highest BCUT2D eigenvalue weighted by atomic mass is 32.2. The third-order valence-corrected chi connectivity index (χ3v) is 8.42. The first-order valence-corrected chi connectivity index (χ1v) is 13.6. The van der Waals surface area contributed by atoms with Crippen LogP contribution in [-0.4, -0.2) is 96.2 Å². The summed E-state index contributed by atoms with van der Waals surface area (Å²) in [5, 5.41) is 0.216. The fourth-order valence-corrected chi connectivity index (χ4v) is 5.90. The summed E-state index contributed by atoms with van der Waals surface area (Å²) in [6, 6.07) is 7.51. The molecule has 0 spiro atoms. The van der Waals surface area contributed by atoms with Gasteiger partial charge in [0.05, 0.1) is 22.8 Å². The van der Waals surface area contributed by atoms with Crippen LogP contribution in [-0.2, 0) is 19.5 Å². The lowest BCUT2D eigenvalue weighted by atomic mass is 10.2. The number of thiazole rings is 1. The summed E-state index contributed by atoms with van der Waals surface area (Å²) in [7, 11) is 2.80. The molecule has 0 atom stereocenters. The van der Waals surface area contributed by atoms with Gasteiger partial charge in [-0.3, -0.25) is 9.69 Å². The molecule has 0 unspecified atom stereocenters. The molecule has 0 saturated carbocycles. The van der Waals surface area contributed by atoms with Crippen molar-refractivity contribution in [2.24, 2.45) is 0 Å². The second-order valence-corrected chi connectivity index (χ2v) is 11.4. The zero-order valence-electron chi connectivity index (χ0n) is 21.1. The van der Waals surface area contributed by atoms with E-state index in [0.29, 0.717) is 6.54 Å². The number of hydrogen-bond acceptors (Lipinski definition) is 8. The topological polar surface area (TPSA) is 92.3 Å². The number of aromatic nitrogens is 1. The van der Waals surface area contributed by atoms with Gasteiger partial charge in [0.25, 0.3) is 5.91 Å². The largest absolute Gasteiger partial charge is 0.383 e. The first-order chi connectivity index (χ1) is 17.6. The van der Waals surface area contributed by atoms with Gasteiger partial charge in [-0.2, -0.15) is 4.31 Å². The van der Waals surface area contributed by atoms with Gasteiger partial charge < -0.3 is 14.4 Å². The smallest absolute Gasteiger partial charge is 0.260 e. The number of amides is 1. The van der Waals surface area contributed by atoms with Gasteiger partial charge in [-0.25, -0.2) is 22.2 Å². The molecule has 37 heavy (non-hydrogen) atoms. The van der Waals surface area contributed by atoms with Crippen LogP contribution in [0, 0.1) is 11.6 Å². The third kappa shape index (κ3) is 7.06. The summed E-state index contributed by atoms with van der Waals surface area (Å²) in [4.78, 5) is 21.0. The number of hydrogen-bond donors (Lipinski definition) is 0. The number of ether oxygens (including phenoxy) is 2. The van der Waals surface area contributed by atoms with Gasteiger partial charge in [-0.1, -0.05) is 11.3 Å². The van der Waals surface area contributed by atoms with Gasteiger partial charge in [0.15, 0.2) is 10.9 Å². The van der Waals surface area contributed by atoms with Crippen molar-refractivity contribution in [3.63, 3.8) is 0 Å². The lowest BCUT2D eigenvalue weighted by molar-refractivity contribution is 0.0985. The molecular formula is C24H30F2N4O5S2. The van der Waals surface area contributed by atoms with Crippen molar-refractivity contribution in [2.75, 3.05) is 72.6 Å². The predicted octanol–water partition coefficient (Wildman–Crippen LogP) is 3.07. The molecule has 0 saturated heterocycles. The first-order valence-electron chi connectivity index (χ1n) is 11.4. The van der Waals surface area contributed by atoms with Crippen molar-refractivity contribution < 1.29 is 31.5 Å². The molecule has 1 heterocycles. The minimum Gasteiger partial charge on any atom is -0.383 e. The molecule has 202 valence electrons. The van der Waals surface area contributed by atoms with E-state index in [1.54, 1.807) is 0 Å². The number of anilines is 1. The third-order valence-electron chi connectivity index (χ3n) is 5.48. The second-order valence-electron chi connectivity index (χ2n) is 8.40. The monoisotopic (exact) mass is 556 g/mol. The second kappa shape index (κ2) is 12.8. The number of methoxy groups -OCH3 is 2. The fourth-order valence-electron chi connectivity index (χ4n) is 3.46. The Morgan fingerprint density at radius 3 is 2.16 bits per heavy atom. The number of halogens is 2. The van der Waals surface area contributed by atoms with Crippen molar-refractivity contribution in [3.05, 3.63) is 53.6 Å². The van der Waals surface area contributed by atoms with E-state index in [1.807, 2.05) is 19.0 Å². The number of benzene rings is 2. The molecule has 0 fully saturated rings. The molecule has 9 nitrogen and oxygen atoms in total. The van der Waals surface area contributed by atoms with E-state index in [4.69, 9.17) is 9.47 Å². The van der Waals surface area contributed by atoms with Crippen LogP contribution in [0.1, 0.15) is 10.4 Å². The number of nitrogens with zero attached hydrogens (tertiary/aromatic N) is 4. The van der Waals surface area contributed by atoms with Gasteiger partial charge in [0.1, 0.15) is 11.3 Å². The van der Waals surface area contributed by atoms with Crippen LogP contribution < -0.4 is 4.90 Å². The SMILES string of the molecule is COCCN(CCOC)S(=O)(=O)c1ccc(C(=O)N(CCN(C)C)c2nc3c(F)cc(F)cc3s2)cc1. The normalized spacial score (nSPS) is 12.1. The number of sulfonamides is 1. The molecule has 0 aliphatic rings. The highest BCUT2D eigenvalue weighted by Crippen LogP contribution is 2.32. The molecular weight excluding hydrogens is 526 g/mol. The summed E-state index contributed by atoms with van der Waals surface area (Å²) in [5.41, 5.74) is 0.210. The van der Waals surface area contributed by atoms with E-state index in [2.05, 4.69) is 4.98 Å². The Bertz CT molecular complexity index is 1310. The van der Waals surface area contributed by atoms with E-state index in [-0.39, 0.29) is 58.7 Å². The van der Waals surface area contributed by atoms with Gasteiger partial charge in [-0.05, 0) is 44.4 Å². The Hall–Kier alpha value is -2.55. The van der Waals surface area contributed by atoms with E-state index in [9.17, 15) is 22.0 Å². The molecule has 2 aromatic carbocycles. The van der Waals surface area contributed by atoms with Crippen LogP contribution in [0.4, 0.5) is 13.9 Å². The zero-order chi connectivity index (χ0) is 27.2. The van der Waals surface area contributed by atoms with Crippen LogP contribution in [0.3, 0.4) is 0 Å². The number of fused-ring (bicyclic) bond motifs is 1. The van der Waals surface area contributed by atoms with Gasteiger partial charge in [0, 0.05) is 52.0 Å². The van der Waals surface area contributed by atoms with Crippen LogP contribution in [0.15, 0.2) is 41.3 Å². The highest BCUT2D eigenvalue weighted by Gasteiger charge is 2.26. The minimum atomic E-state index is -3.85. The Kier molecular flexibility index (Phi) is 10.0. The zero-order valence-corrected chi connectivity index (χ0v) is 22.7. The Balaban J connectivity index is 1.91. The number of likely N-dealkylation sites (N-methyl/N-ethyl adjacent to an activating group) is 1. The molecule has 0 aliphatic heterocycles. The van der Waals surface area contributed by atoms with Crippen LogP contribution >= 0.6 is 11.3 Å². The Labute approximate surface area is 219 Å². The van der Waals surface area contributed by atoms with Crippen molar-refractivity contribution in [2.45, 2.75) is 4.90 Å². The summed E-state index contributed by atoms with van der Waals surface area (Å²) in [6.45, 7) is 1.45. The van der Waals surface area contributed by atoms with Crippen LogP contribution in [0.2, 0.25) is 0 Å². The Morgan fingerprint density at radius 2 is 1.59 bits per heavy atom. The van der Waals surface area contributed by atoms with Crippen molar-refractivity contribution >= 4 is 42.6 Å². The van der Waals surface area contributed by atoms with Crippen molar-refractivity contribution in [1.82, 2.24) is 14.2 Å². The Morgan fingerprint density at radius 1 is 0.973 bits per heavy atom. The fraction of sp³-hybridized carbons (Fsp3) is 0.417.